The summed E-state index contributed by atoms with van der Waals surface area (Å²) in [4.78, 5) is 49.1. The molecule has 2 heterocycles. The number of nitrogens with zero attached hydrogens (tertiary/aromatic N) is 1. The number of ether oxygens (including phenoxy) is 1. The van der Waals surface area contributed by atoms with Crippen molar-refractivity contribution in [2.45, 2.75) is 24.1 Å². The molecule has 1 aliphatic rings. The summed E-state index contributed by atoms with van der Waals surface area (Å²) in [7, 11) is -17.2. The second-order valence-corrected chi connectivity index (χ2v) is 10.9. The Morgan fingerprint density at radius 1 is 1.22 bits per heavy atom. The average Bonchev–Trinajstić information content (AvgIpc) is 2.85. The van der Waals surface area contributed by atoms with Crippen molar-refractivity contribution in [2.75, 3.05) is 13.3 Å². The number of halogens is 3. The van der Waals surface area contributed by atoms with Crippen LogP contribution < -0.4 is 5.69 Å². The van der Waals surface area contributed by atoms with E-state index in [1.807, 2.05) is 0 Å². The first-order chi connectivity index (χ1) is 14.4. The summed E-state index contributed by atoms with van der Waals surface area (Å²) in [6, 6.07) is 0. The van der Waals surface area contributed by atoms with E-state index in [0.29, 0.717) is 6.20 Å². The quantitative estimate of drug-likeness (QED) is 0.179. The first-order valence-electron chi connectivity index (χ1n) is 7.78. The zero-order chi connectivity index (χ0) is 24.7. The fourth-order valence-corrected chi connectivity index (χ4v) is 5.66. The first kappa shape index (κ1) is 27.5. The first-order valence-corrected chi connectivity index (χ1v) is 12.7. The molecule has 1 fully saturated rings. The van der Waals surface area contributed by atoms with Gasteiger partial charge in [-0.1, -0.05) is 12.2 Å². The fourth-order valence-electron chi connectivity index (χ4n) is 2.49. The van der Waals surface area contributed by atoms with Gasteiger partial charge in [-0.2, -0.15) is 8.62 Å². The van der Waals surface area contributed by atoms with Crippen molar-refractivity contribution in [2.24, 2.45) is 0 Å². The number of aliphatic hydroxyl groups excluding tert-OH is 1. The molecular weight excluding hydrogens is 538 g/mol. The van der Waals surface area contributed by atoms with Gasteiger partial charge in [0.05, 0.1) is 12.8 Å². The van der Waals surface area contributed by atoms with Gasteiger partial charge in [-0.25, -0.2) is 31.7 Å². The zero-order valence-electron chi connectivity index (χ0n) is 15.1. The number of phosphoric acid groups is 3. The lowest BCUT2D eigenvalue weighted by Gasteiger charge is -2.26. The summed E-state index contributed by atoms with van der Waals surface area (Å²) in [5, 5.41) is 10.0. The molecule has 1 saturated heterocycles. The molecule has 1 aromatic rings. The second kappa shape index (κ2) is 9.46. The van der Waals surface area contributed by atoms with Crippen LogP contribution in [0.5, 0.6) is 0 Å². The molecule has 6 N–H and O–H groups in total. The molecule has 3 unspecified atom stereocenters. The smallest absolute Gasteiger partial charge is 0.387 e. The Balaban J connectivity index is 2.22. The maximum atomic E-state index is 15.0. The lowest BCUT2D eigenvalue weighted by atomic mass is 9.97. The molecule has 0 aromatic carbocycles. The van der Waals surface area contributed by atoms with E-state index in [0.717, 1.165) is 0 Å². The van der Waals surface area contributed by atoms with Crippen molar-refractivity contribution in [1.29, 1.82) is 0 Å². The van der Waals surface area contributed by atoms with E-state index in [4.69, 9.17) is 19.4 Å². The summed E-state index contributed by atoms with van der Waals surface area (Å²) >= 11 is 4.47. The summed E-state index contributed by atoms with van der Waals surface area (Å²) in [5.74, 6) is -1.24. The van der Waals surface area contributed by atoms with Crippen LogP contribution in [0.15, 0.2) is 11.0 Å². The third kappa shape index (κ3) is 6.42. The van der Waals surface area contributed by atoms with E-state index in [-0.39, 0.29) is 4.57 Å². The highest BCUT2D eigenvalue weighted by molar-refractivity contribution is 7.71. The van der Waals surface area contributed by atoms with Crippen LogP contribution in [-0.4, -0.2) is 65.4 Å². The van der Waals surface area contributed by atoms with E-state index < -0.39 is 77.0 Å². The Morgan fingerprint density at radius 2 is 1.81 bits per heavy atom. The molecule has 0 aliphatic carbocycles. The summed E-state index contributed by atoms with van der Waals surface area (Å²) in [6.45, 7) is -3.35. The summed E-state index contributed by atoms with van der Waals surface area (Å²) < 4.78 is 91.2. The van der Waals surface area contributed by atoms with Crippen molar-refractivity contribution in [1.82, 2.24) is 9.55 Å². The van der Waals surface area contributed by atoms with Crippen LogP contribution >= 0.6 is 35.7 Å². The molecule has 0 saturated carbocycles. The van der Waals surface area contributed by atoms with Crippen LogP contribution in [0.25, 0.3) is 0 Å². The van der Waals surface area contributed by atoms with Gasteiger partial charge in [0.25, 0.3) is 0 Å². The molecule has 6 atom stereocenters. The number of aromatic nitrogens is 2. The number of alkyl halides is 2. The Kier molecular flexibility index (Phi) is 8.12. The second-order valence-electron chi connectivity index (χ2n) is 6.06. The molecule has 15 nitrogen and oxygen atoms in total. The van der Waals surface area contributed by atoms with E-state index in [1.54, 1.807) is 4.98 Å². The number of H-pyrrole nitrogens is 1. The van der Waals surface area contributed by atoms with Crippen LogP contribution in [0.3, 0.4) is 0 Å². The van der Waals surface area contributed by atoms with Crippen molar-refractivity contribution in [3.05, 3.63) is 27.1 Å². The van der Waals surface area contributed by atoms with Crippen LogP contribution in [0.1, 0.15) is 6.23 Å². The van der Waals surface area contributed by atoms with E-state index in [9.17, 15) is 37.3 Å². The number of nitrogens with one attached hydrogen (secondary N) is 1. The molecule has 0 amide bonds. The maximum absolute atomic E-state index is 15.0. The predicted octanol–water partition coefficient (Wildman–Crippen LogP) is 0.324. The minimum Gasteiger partial charge on any atom is -0.387 e. The highest BCUT2D eigenvalue weighted by Crippen LogP contribution is 2.66. The maximum Gasteiger partial charge on any atom is 0.490 e. The summed E-state index contributed by atoms with van der Waals surface area (Å²) in [6.07, 6.45) is -6.51. The molecular formula is C10H14F3N2O13P3S. The van der Waals surface area contributed by atoms with Gasteiger partial charge >= 0.3 is 29.2 Å². The van der Waals surface area contributed by atoms with Gasteiger partial charge in [-0.15, -0.1) is 0 Å². The molecule has 1 aliphatic heterocycles. The zero-order valence-corrected chi connectivity index (χ0v) is 18.6. The van der Waals surface area contributed by atoms with Gasteiger partial charge in [0, 0.05) is 0 Å². The Hall–Kier alpha value is -0.780. The normalized spacial score (nSPS) is 30.1. The number of hydrogen-bond acceptors (Lipinski definition) is 10. The number of phosphoric ester groups is 1. The van der Waals surface area contributed by atoms with E-state index in [2.05, 4.69) is 25.4 Å². The summed E-state index contributed by atoms with van der Waals surface area (Å²) in [5.41, 5.74) is -4.67. The molecule has 0 spiro atoms. The average molecular weight is 552 g/mol. The van der Waals surface area contributed by atoms with Crippen molar-refractivity contribution in [3.63, 3.8) is 0 Å². The van der Waals surface area contributed by atoms with Crippen molar-refractivity contribution in [3.8, 4) is 0 Å². The van der Waals surface area contributed by atoms with Gasteiger partial charge < -0.3 is 29.4 Å². The minimum absolute atomic E-state index is 0.179. The van der Waals surface area contributed by atoms with Crippen molar-refractivity contribution >= 4 is 35.7 Å². The minimum atomic E-state index is -5.86. The van der Waals surface area contributed by atoms with Crippen LogP contribution in [0, 0.1) is 10.5 Å². The third-order valence-corrected chi connectivity index (χ3v) is 7.86. The highest BCUT2D eigenvalue weighted by atomic mass is 32.1. The van der Waals surface area contributed by atoms with Gasteiger partial charge in [-0.3, -0.25) is 14.1 Å². The van der Waals surface area contributed by atoms with E-state index >= 15 is 4.39 Å². The van der Waals surface area contributed by atoms with Gasteiger partial charge in [0.1, 0.15) is 23.5 Å². The molecule has 1 aromatic heterocycles. The Bertz CT molecular complexity index is 1130. The number of aromatic amines is 1. The number of aliphatic hydroxyl groups is 1. The standard InChI is InChI=1S/C10H14F3N2O13P3S/c11-3-10(13)6(16)5(26-8(10)15-1-4(12)7(32)14-9(15)17)2-25-30(21,22)28-31(23,24)27-29(18,19)20/h1,5-6,8,16H,2-3H2,(H,21,22)(H,23,24)(H,14,17,32)(H2,18,19,20)/t5-,6+,8-,10?/m1/s1. The SMILES string of the molecule is O=c1[nH]c(=S)c(F)cn1[C@@H]1O[C@H](COP(=O)(O)OP(=O)(O)OP(=O)(O)O)[C@H](O)C1(F)CF. The Labute approximate surface area is 179 Å². The molecule has 0 radical (unpaired) electrons. The van der Waals surface area contributed by atoms with E-state index in [1.165, 1.54) is 0 Å². The van der Waals surface area contributed by atoms with Crippen molar-refractivity contribution < 1.29 is 69.4 Å². The van der Waals surface area contributed by atoms with Crippen LogP contribution in [0.2, 0.25) is 0 Å². The molecule has 32 heavy (non-hydrogen) atoms. The fraction of sp³-hybridized carbons (Fsp3) is 0.600. The van der Waals surface area contributed by atoms with Gasteiger partial charge in [-0.05, 0) is 0 Å². The molecule has 184 valence electrons. The Morgan fingerprint density at radius 3 is 2.34 bits per heavy atom. The lowest BCUT2D eigenvalue weighted by molar-refractivity contribution is -0.0735. The monoisotopic (exact) mass is 552 g/mol. The van der Waals surface area contributed by atoms with Crippen LogP contribution in [-0.2, 0) is 31.6 Å². The molecule has 0 bridgehead atoms. The molecule has 22 heteroatoms. The molecule has 2 rings (SSSR count). The van der Waals surface area contributed by atoms with Gasteiger partial charge in [0.2, 0.25) is 5.67 Å². The largest absolute Gasteiger partial charge is 0.490 e. The van der Waals surface area contributed by atoms with Gasteiger partial charge in [0.15, 0.2) is 12.0 Å². The topological polar surface area (TPSA) is 227 Å². The van der Waals surface area contributed by atoms with Crippen LogP contribution in [0.4, 0.5) is 13.2 Å². The lowest BCUT2D eigenvalue weighted by Crippen LogP contribution is -2.47. The third-order valence-electron chi connectivity index (χ3n) is 3.76. The number of hydrogen-bond donors (Lipinski definition) is 6. The highest BCUT2D eigenvalue weighted by Gasteiger charge is 2.59. The predicted molar refractivity (Wildman–Crippen MR) is 95.4 cm³/mol. The number of rotatable bonds is 9.